The molecule has 1 aliphatic rings. The summed E-state index contributed by atoms with van der Waals surface area (Å²) in [6, 6.07) is 0.561. The van der Waals surface area contributed by atoms with E-state index in [4.69, 9.17) is 4.74 Å². The van der Waals surface area contributed by atoms with Gasteiger partial charge in [0.2, 0.25) is 5.91 Å². The summed E-state index contributed by atoms with van der Waals surface area (Å²) < 4.78 is 5.05. The summed E-state index contributed by atoms with van der Waals surface area (Å²) in [6.45, 7) is 10.5. The number of nitrogens with zero attached hydrogens (tertiary/aromatic N) is 1. The first kappa shape index (κ1) is 18.4. The topological polar surface area (TPSA) is 53.6 Å². The molecule has 2 N–H and O–H groups in total. The second kappa shape index (κ2) is 10.1. The van der Waals surface area contributed by atoms with Crippen LogP contribution in [-0.4, -0.2) is 62.8 Å². The van der Waals surface area contributed by atoms with Gasteiger partial charge in [0, 0.05) is 25.7 Å². The molecule has 0 aromatic rings. The molecule has 1 saturated heterocycles. The highest BCUT2D eigenvalue weighted by atomic mass is 16.5. The van der Waals surface area contributed by atoms with Crippen molar-refractivity contribution in [3.8, 4) is 0 Å². The monoisotopic (exact) mass is 299 g/mol. The Balaban J connectivity index is 2.36. The third-order valence-electron chi connectivity index (χ3n) is 3.85. The Hall–Kier alpha value is -0.650. The zero-order chi connectivity index (χ0) is 15.7. The number of ether oxygens (including phenoxy) is 1. The second-order valence-electron chi connectivity index (χ2n) is 6.60. The van der Waals surface area contributed by atoms with Crippen LogP contribution in [0.5, 0.6) is 0 Å². The third kappa shape index (κ3) is 7.79. The average Bonchev–Trinajstić information content (AvgIpc) is 2.40. The first-order valence-electron chi connectivity index (χ1n) is 8.26. The van der Waals surface area contributed by atoms with E-state index in [2.05, 4.69) is 29.4 Å². The molecule has 0 aromatic heterocycles. The van der Waals surface area contributed by atoms with E-state index in [0.29, 0.717) is 25.1 Å². The van der Waals surface area contributed by atoms with E-state index in [-0.39, 0.29) is 11.9 Å². The Morgan fingerprint density at radius 3 is 2.76 bits per heavy atom. The maximum absolute atomic E-state index is 12.1. The Bertz CT molecular complexity index is 297. The quantitative estimate of drug-likeness (QED) is 0.672. The van der Waals surface area contributed by atoms with Crippen LogP contribution in [0.4, 0.5) is 0 Å². The van der Waals surface area contributed by atoms with Crippen LogP contribution >= 0.6 is 0 Å². The SMILES string of the molecule is COCC(C)NC(=O)CN1CCCCC1CNCC(C)C. The van der Waals surface area contributed by atoms with Crippen molar-refractivity contribution < 1.29 is 9.53 Å². The van der Waals surface area contributed by atoms with Crippen molar-refractivity contribution in [2.75, 3.05) is 39.9 Å². The van der Waals surface area contributed by atoms with Crippen molar-refractivity contribution in [1.29, 1.82) is 0 Å². The lowest BCUT2D eigenvalue weighted by molar-refractivity contribution is -0.124. The van der Waals surface area contributed by atoms with Crippen LogP contribution in [-0.2, 0) is 9.53 Å². The Kier molecular flexibility index (Phi) is 8.88. The van der Waals surface area contributed by atoms with Crippen LogP contribution in [0.3, 0.4) is 0 Å². The number of carbonyl (C=O) groups is 1. The van der Waals surface area contributed by atoms with Gasteiger partial charge in [0.15, 0.2) is 0 Å². The van der Waals surface area contributed by atoms with Gasteiger partial charge in [-0.15, -0.1) is 0 Å². The highest BCUT2D eigenvalue weighted by Crippen LogP contribution is 2.16. The molecule has 0 bridgehead atoms. The lowest BCUT2D eigenvalue weighted by atomic mass is 10.0. The molecule has 1 heterocycles. The van der Waals surface area contributed by atoms with E-state index >= 15 is 0 Å². The van der Waals surface area contributed by atoms with Crippen LogP contribution < -0.4 is 10.6 Å². The summed E-state index contributed by atoms with van der Waals surface area (Å²) in [4.78, 5) is 14.4. The van der Waals surface area contributed by atoms with E-state index in [1.165, 1.54) is 19.3 Å². The highest BCUT2D eigenvalue weighted by Gasteiger charge is 2.24. The maximum atomic E-state index is 12.1. The molecule has 5 heteroatoms. The number of nitrogens with one attached hydrogen (secondary N) is 2. The molecule has 1 aliphatic heterocycles. The molecule has 0 saturated carbocycles. The van der Waals surface area contributed by atoms with E-state index in [0.717, 1.165) is 19.6 Å². The number of likely N-dealkylation sites (tertiary alicyclic amines) is 1. The Morgan fingerprint density at radius 2 is 2.10 bits per heavy atom. The highest BCUT2D eigenvalue weighted by molar-refractivity contribution is 5.78. The molecular formula is C16H33N3O2. The molecule has 0 aromatic carbocycles. The minimum absolute atomic E-state index is 0.0739. The normalized spacial score (nSPS) is 21.5. The molecular weight excluding hydrogens is 266 g/mol. The van der Waals surface area contributed by atoms with Crippen molar-refractivity contribution in [3.05, 3.63) is 0 Å². The maximum Gasteiger partial charge on any atom is 0.234 e. The lowest BCUT2D eigenvalue weighted by Gasteiger charge is -2.35. The van der Waals surface area contributed by atoms with Gasteiger partial charge in [-0.05, 0) is 38.8 Å². The molecule has 124 valence electrons. The largest absolute Gasteiger partial charge is 0.383 e. The van der Waals surface area contributed by atoms with Crippen LogP contribution in [0.1, 0.15) is 40.0 Å². The molecule has 1 rings (SSSR count). The van der Waals surface area contributed by atoms with Crippen molar-refractivity contribution in [2.45, 2.75) is 52.1 Å². The molecule has 5 nitrogen and oxygen atoms in total. The molecule has 1 fully saturated rings. The number of carbonyl (C=O) groups excluding carboxylic acids is 1. The summed E-state index contributed by atoms with van der Waals surface area (Å²) >= 11 is 0. The van der Waals surface area contributed by atoms with Gasteiger partial charge in [-0.25, -0.2) is 0 Å². The number of rotatable bonds is 9. The fourth-order valence-corrected chi connectivity index (χ4v) is 2.83. The zero-order valence-electron chi connectivity index (χ0n) is 14.2. The van der Waals surface area contributed by atoms with Crippen LogP contribution in [0.2, 0.25) is 0 Å². The fraction of sp³-hybridized carbons (Fsp3) is 0.938. The Morgan fingerprint density at radius 1 is 1.33 bits per heavy atom. The molecule has 21 heavy (non-hydrogen) atoms. The predicted molar refractivity (Wildman–Crippen MR) is 86.4 cm³/mol. The fourth-order valence-electron chi connectivity index (χ4n) is 2.83. The summed E-state index contributed by atoms with van der Waals surface area (Å²) in [5.74, 6) is 0.774. The van der Waals surface area contributed by atoms with E-state index in [1.54, 1.807) is 7.11 Å². The lowest BCUT2D eigenvalue weighted by Crippen LogP contribution is -2.51. The first-order chi connectivity index (χ1) is 10.0. The van der Waals surface area contributed by atoms with Gasteiger partial charge in [0.1, 0.15) is 0 Å². The van der Waals surface area contributed by atoms with Gasteiger partial charge < -0.3 is 15.4 Å². The summed E-state index contributed by atoms with van der Waals surface area (Å²) in [5, 5.41) is 6.52. The van der Waals surface area contributed by atoms with Crippen LogP contribution in [0.15, 0.2) is 0 Å². The smallest absolute Gasteiger partial charge is 0.234 e. The van der Waals surface area contributed by atoms with Crippen LogP contribution in [0, 0.1) is 5.92 Å². The third-order valence-corrected chi connectivity index (χ3v) is 3.85. The van der Waals surface area contributed by atoms with Gasteiger partial charge >= 0.3 is 0 Å². The minimum Gasteiger partial charge on any atom is -0.383 e. The van der Waals surface area contributed by atoms with Crippen molar-refractivity contribution in [2.24, 2.45) is 5.92 Å². The average molecular weight is 299 g/mol. The Labute approximate surface area is 129 Å². The van der Waals surface area contributed by atoms with Crippen molar-refractivity contribution in [3.63, 3.8) is 0 Å². The molecule has 2 atom stereocenters. The number of hydrogen-bond donors (Lipinski definition) is 2. The first-order valence-corrected chi connectivity index (χ1v) is 8.26. The summed E-state index contributed by atoms with van der Waals surface area (Å²) in [5.41, 5.74) is 0. The zero-order valence-corrected chi connectivity index (χ0v) is 14.2. The number of hydrogen-bond acceptors (Lipinski definition) is 4. The van der Waals surface area contributed by atoms with Gasteiger partial charge in [-0.2, -0.15) is 0 Å². The molecule has 0 spiro atoms. The molecule has 2 unspecified atom stereocenters. The second-order valence-corrected chi connectivity index (χ2v) is 6.60. The van der Waals surface area contributed by atoms with E-state index in [1.807, 2.05) is 6.92 Å². The summed E-state index contributed by atoms with van der Waals surface area (Å²) in [7, 11) is 1.66. The van der Waals surface area contributed by atoms with Gasteiger partial charge in [0.05, 0.1) is 13.2 Å². The molecule has 0 aliphatic carbocycles. The summed E-state index contributed by atoms with van der Waals surface area (Å²) in [6.07, 6.45) is 3.65. The standard InChI is InChI=1S/C16H33N3O2/c1-13(2)9-17-10-15-7-5-6-8-19(15)11-16(20)18-14(3)12-21-4/h13-15,17H,5-12H2,1-4H3,(H,18,20). The van der Waals surface area contributed by atoms with E-state index in [9.17, 15) is 4.79 Å². The predicted octanol–water partition coefficient (Wildman–Crippen LogP) is 1.24. The number of amides is 1. The number of methoxy groups -OCH3 is 1. The van der Waals surface area contributed by atoms with Crippen molar-refractivity contribution >= 4 is 5.91 Å². The van der Waals surface area contributed by atoms with Gasteiger partial charge in [-0.3, -0.25) is 9.69 Å². The molecule has 1 amide bonds. The minimum atomic E-state index is 0.0739. The van der Waals surface area contributed by atoms with E-state index < -0.39 is 0 Å². The molecule has 0 radical (unpaired) electrons. The number of piperidine rings is 1. The van der Waals surface area contributed by atoms with Crippen molar-refractivity contribution in [1.82, 2.24) is 15.5 Å². The van der Waals surface area contributed by atoms with Gasteiger partial charge in [-0.1, -0.05) is 20.3 Å². The van der Waals surface area contributed by atoms with Gasteiger partial charge in [0.25, 0.3) is 0 Å². The van der Waals surface area contributed by atoms with Crippen LogP contribution in [0.25, 0.3) is 0 Å².